The van der Waals surface area contributed by atoms with E-state index < -0.39 is 28.1 Å². The fourth-order valence-electron chi connectivity index (χ4n) is 5.29. The largest absolute Gasteiger partial charge is 0.387 e. The summed E-state index contributed by atoms with van der Waals surface area (Å²) in [6, 6.07) is 44.9. The van der Waals surface area contributed by atoms with Crippen molar-refractivity contribution in [1.82, 2.24) is 0 Å². The van der Waals surface area contributed by atoms with Crippen LogP contribution in [0.2, 0.25) is 0 Å². The molecule has 5 aromatic rings. The van der Waals surface area contributed by atoms with Crippen molar-refractivity contribution in [1.29, 1.82) is 0 Å². The summed E-state index contributed by atoms with van der Waals surface area (Å²) in [5.74, 6) is 1.40. The molecule has 0 saturated heterocycles. The summed E-state index contributed by atoms with van der Waals surface area (Å²) >= 11 is 0. The first-order valence-corrected chi connectivity index (χ1v) is 17.2. The Morgan fingerprint density at radius 2 is 1.07 bits per heavy atom. The number of rotatable bonds is 10. The van der Waals surface area contributed by atoms with E-state index in [9.17, 15) is 18.3 Å². The van der Waals surface area contributed by atoms with Crippen LogP contribution in [-0.2, 0) is 14.6 Å². The number of hydrogen-bond donors (Lipinski definition) is 1. The van der Waals surface area contributed by atoms with Gasteiger partial charge in [-0.05, 0) is 53.2 Å². The third kappa shape index (κ3) is 6.10. The lowest BCUT2D eigenvalue weighted by atomic mass is 10.0. The molecule has 0 aliphatic heterocycles. The second kappa shape index (κ2) is 12.9. The van der Waals surface area contributed by atoms with Gasteiger partial charge in [-0.1, -0.05) is 139 Å². The summed E-state index contributed by atoms with van der Waals surface area (Å²) in [5.41, 5.74) is 1.36. The molecule has 0 radical (unpaired) electrons. The second-order valence-corrected chi connectivity index (χ2v) is 15.7. The predicted molar refractivity (Wildman–Crippen MR) is 174 cm³/mol. The fraction of sp³-hybridized carbons (Fsp3) is 0.111. The number of Topliss-reactive ketones (excluding diaryl/α,β-unsaturated/α-hetero) is 1. The molecule has 0 spiro atoms. The van der Waals surface area contributed by atoms with E-state index in [1.807, 2.05) is 97.9 Å². The topological polar surface area (TPSA) is 71.4 Å². The number of aliphatic hydroxyl groups is 1. The van der Waals surface area contributed by atoms with Gasteiger partial charge in [0.15, 0.2) is 15.6 Å². The second-order valence-electron chi connectivity index (χ2n) is 10.3. The molecule has 212 valence electrons. The molecule has 2 atom stereocenters. The Morgan fingerprint density at radius 1 is 0.667 bits per heavy atom. The molecule has 6 heteroatoms. The number of carbonyl (C=O) groups is 1. The normalized spacial score (nSPS) is 13.2. The lowest BCUT2D eigenvalue weighted by Gasteiger charge is -2.29. The molecule has 4 nitrogen and oxygen atoms in total. The zero-order valence-corrected chi connectivity index (χ0v) is 25.0. The van der Waals surface area contributed by atoms with Gasteiger partial charge in [-0.3, -0.25) is 4.79 Å². The molecule has 5 rings (SSSR count). The quantitative estimate of drug-likeness (QED) is 0.214. The molecule has 0 fully saturated rings. The van der Waals surface area contributed by atoms with Crippen LogP contribution in [0.3, 0.4) is 0 Å². The molecule has 0 bridgehead atoms. The number of hydrogen-bond acceptors (Lipinski definition) is 4. The van der Waals surface area contributed by atoms with Gasteiger partial charge in [-0.2, -0.15) is 0 Å². The van der Waals surface area contributed by atoms with E-state index in [0.717, 1.165) is 21.5 Å². The van der Waals surface area contributed by atoms with Gasteiger partial charge in [0.05, 0.1) is 11.0 Å². The molecule has 42 heavy (non-hydrogen) atoms. The van der Waals surface area contributed by atoms with E-state index in [1.54, 1.807) is 60.4 Å². The highest BCUT2D eigenvalue weighted by molar-refractivity contribution is 7.95. The molecule has 1 N–H and O–H groups in total. The Bertz CT molecular complexity index is 1680. The standard InChI is InChI=1S/C36H33O4PS/c1-28-22-24-34(25-23-28)42(39,40)35(36(38)29-14-6-2-7-15-29)26-30(37)27-41(31-16-8-3-9-17-31,32-18-10-4-11-19-32)33-20-12-5-13-21-33/h2-25,27,35-36,38H,26H2,1H3. The van der Waals surface area contributed by atoms with Crippen LogP contribution in [0.4, 0.5) is 0 Å². The maximum Gasteiger partial charge on any atom is 0.184 e. The summed E-state index contributed by atoms with van der Waals surface area (Å²) in [5, 5.41) is 13.1. The van der Waals surface area contributed by atoms with E-state index in [1.165, 1.54) is 0 Å². The fourth-order valence-corrected chi connectivity index (χ4v) is 10.8. The highest BCUT2D eigenvalue weighted by atomic mass is 32.2. The SMILES string of the molecule is Cc1ccc(S(=O)(=O)C(CC(=O)C=P(c2ccccc2)(c2ccccc2)c2ccccc2)C(O)c2ccccc2)cc1. The molecule has 0 heterocycles. The first-order valence-electron chi connectivity index (χ1n) is 13.8. The number of aryl methyl sites for hydroxylation is 1. The minimum absolute atomic E-state index is 0.0797. The molecule has 0 saturated carbocycles. The van der Waals surface area contributed by atoms with Crippen molar-refractivity contribution in [2.45, 2.75) is 29.6 Å². The smallest absolute Gasteiger partial charge is 0.184 e. The molecule has 0 aromatic heterocycles. The van der Waals surface area contributed by atoms with Crippen molar-refractivity contribution < 1.29 is 18.3 Å². The number of carbonyl (C=O) groups excluding carboxylic acids is 1. The van der Waals surface area contributed by atoms with Gasteiger partial charge in [0, 0.05) is 6.42 Å². The van der Waals surface area contributed by atoms with Crippen LogP contribution >= 0.6 is 6.89 Å². The Labute approximate surface area is 248 Å². The van der Waals surface area contributed by atoms with Crippen LogP contribution < -0.4 is 15.9 Å². The van der Waals surface area contributed by atoms with E-state index in [4.69, 9.17) is 0 Å². The average Bonchev–Trinajstić information content (AvgIpc) is 3.04. The van der Waals surface area contributed by atoms with Gasteiger partial charge < -0.3 is 5.11 Å². The number of aliphatic hydroxyl groups excluding tert-OH is 1. The Balaban J connectivity index is 1.69. The summed E-state index contributed by atoms with van der Waals surface area (Å²) < 4.78 is 28.1. The zero-order valence-electron chi connectivity index (χ0n) is 23.3. The van der Waals surface area contributed by atoms with Crippen LogP contribution in [-0.4, -0.2) is 30.4 Å². The van der Waals surface area contributed by atoms with Crippen LogP contribution in [0.25, 0.3) is 0 Å². The minimum Gasteiger partial charge on any atom is -0.387 e. The monoisotopic (exact) mass is 592 g/mol. The number of ketones is 1. The maximum atomic E-state index is 14.3. The van der Waals surface area contributed by atoms with Crippen molar-refractivity contribution in [3.8, 4) is 0 Å². The van der Waals surface area contributed by atoms with Gasteiger partial charge in [0.1, 0.15) is 5.25 Å². The van der Waals surface area contributed by atoms with E-state index >= 15 is 0 Å². The van der Waals surface area contributed by atoms with E-state index in [0.29, 0.717) is 5.56 Å². The third-order valence-electron chi connectivity index (χ3n) is 7.47. The van der Waals surface area contributed by atoms with Gasteiger partial charge in [-0.15, -0.1) is 0 Å². The van der Waals surface area contributed by atoms with Crippen LogP contribution in [0.15, 0.2) is 150 Å². The zero-order chi connectivity index (χ0) is 29.6. The summed E-state index contributed by atoms with van der Waals surface area (Å²) in [7, 11) is -4.09. The van der Waals surface area contributed by atoms with Crippen LogP contribution in [0.1, 0.15) is 23.7 Å². The molecule has 0 aliphatic rings. The third-order valence-corrected chi connectivity index (χ3v) is 13.6. The minimum atomic E-state index is -4.09. The van der Waals surface area contributed by atoms with Crippen molar-refractivity contribution in [2.24, 2.45) is 0 Å². The van der Waals surface area contributed by atoms with Crippen molar-refractivity contribution in [2.75, 3.05) is 0 Å². The average molecular weight is 593 g/mol. The Hall–Kier alpha value is -4.02. The Kier molecular flexibility index (Phi) is 9.03. The Morgan fingerprint density at radius 3 is 1.50 bits per heavy atom. The van der Waals surface area contributed by atoms with Gasteiger partial charge >= 0.3 is 0 Å². The molecular weight excluding hydrogens is 559 g/mol. The number of sulfone groups is 1. The number of benzene rings is 5. The first kappa shape index (κ1) is 29.5. The van der Waals surface area contributed by atoms with Gasteiger partial charge in [0.25, 0.3) is 0 Å². The van der Waals surface area contributed by atoms with Crippen molar-refractivity contribution >= 4 is 44.2 Å². The van der Waals surface area contributed by atoms with Crippen molar-refractivity contribution in [3.63, 3.8) is 0 Å². The summed E-state index contributed by atoms with van der Waals surface area (Å²) in [4.78, 5) is 14.3. The highest BCUT2D eigenvalue weighted by Crippen LogP contribution is 2.44. The van der Waals surface area contributed by atoms with Crippen LogP contribution in [0, 0.1) is 6.92 Å². The molecule has 5 aromatic carbocycles. The molecule has 0 aliphatic carbocycles. The van der Waals surface area contributed by atoms with Crippen molar-refractivity contribution in [3.05, 3.63) is 157 Å². The predicted octanol–water partition coefficient (Wildman–Crippen LogP) is 5.63. The first-order chi connectivity index (χ1) is 20.3. The summed E-state index contributed by atoms with van der Waals surface area (Å²) in [6.45, 7) is -0.769. The highest BCUT2D eigenvalue weighted by Gasteiger charge is 2.37. The summed E-state index contributed by atoms with van der Waals surface area (Å²) in [6.07, 6.45) is -1.77. The van der Waals surface area contributed by atoms with E-state index in [2.05, 4.69) is 0 Å². The maximum absolute atomic E-state index is 14.3. The molecule has 2 unspecified atom stereocenters. The van der Waals surface area contributed by atoms with E-state index in [-0.39, 0.29) is 17.1 Å². The van der Waals surface area contributed by atoms with Crippen LogP contribution in [0.5, 0.6) is 0 Å². The van der Waals surface area contributed by atoms with Gasteiger partial charge in [-0.25, -0.2) is 8.42 Å². The van der Waals surface area contributed by atoms with Gasteiger partial charge in [0.2, 0.25) is 0 Å². The lowest BCUT2D eigenvalue weighted by molar-refractivity contribution is -0.112. The molecular formula is C36H33O4PS. The lowest BCUT2D eigenvalue weighted by Crippen LogP contribution is -2.33. The molecule has 0 amide bonds.